The summed E-state index contributed by atoms with van der Waals surface area (Å²) < 4.78 is 15.0. The van der Waals surface area contributed by atoms with Gasteiger partial charge in [0.1, 0.15) is 0 Å². The van der Waals surface area contributed by atoms with Crippen molar-refractivity contribution < 1.29 is 18.5 Å². The van der Waals surface area contributed by atoms with Gasteiger partial charge in [-0.05, 0) is 0 Å². The molecule has 13 heavy (non-hydrogen) atoms. The molecule has 2 atom stereocenters. The molecule has 78 valence electrons. The van der Waals surface area contributed by atoms with Gasteiger partial charge >= 0.3 is 0 Å². The molecule has 0 aliphatic carbocycles. The van der Waals surface area contributed by atoms with Crippen LogP contribution < -0.4 is 0 Å². The number of carbonyl (C=O) groups is 1. The van der Waals surface area contributed by atoms with Crippen LogP contribution in [0.4, 0.5) is 0 Å². The maximum atomic E-state index is 10.3. The summed E-state index contributed by atoms with van der Waals surface area (Å²) in [6.45, 7) is 0.409. The molecular formula is C6H10BrIO4S. The molecule has 0 radical (unpaired) electrons. The summed E-state index contributed by atoms with van der Waals surface area (Å²) in [4.78, 5) is 10.3. The Kier molecular flexibility index (Phi) is 10.5. The third-order valence-electron chi connectivity index (χ3n) is 1.14. The number of aldehydes is 1. The average Bonchev–Trinajstić information content (AvgIpc) is 2.19. The minimum atomic E-state index is -0.814. The lowest BCUT2D eigenvalue weighted by molar-refractivity contribution is -0.163. The van der Waals surface area contributed by atoms with Gasteiger partial charge in [0.15, 0.2) is 6.29 Å². The molecule has 4 nitrogen and oxygen atoms in total. The van der Waals surface area contributed by atoms with Gasteiger partial charge in [0.2, 0.25) is 6.29 Å². The van der Waals surface area contributed by atoms with Crippen molar-refractivity contribution in [1.82, 2.24) is 0 Å². The van der Waals surface area contributed by atoms with Crippen LogP contribution in [0.1, 0.15) is 0 Å². The molecule has 0 aromatic rings. The first kappa shape index (κ1) is 14.1. The molecule has 0 amide bonds. The van der Waals surface area contributed by atoms with E-state index in [1.54, 1.807) is 0 Å². The fourth-order valence-electron chi connectivity index (χ4n) is 0.555. The van der Waals surface area contributed by atoms with Gasteiger partial charge < -0.3 is 13.7 Å². The molecule has 0 N–H and O–H groups in total. The second-order valence-electron chi connectivity index (χ2n) is 2.00. The zero-order valence-corrected chi connectivity index (χ0v) is 11.5. The predicted molar refractivity (Wildman–Crippen MR) is 63.1 cm³/mol. The van der Waals surface area contributed by atoms with Gasteiger partial charge in [0.05, 0.1) is 21.9 Å². The Bertz CT molecular complexity index is 140. The van der Waals surface area contributed by atoms with Crippen LogP contribution in [0, 0.1) is 0 Å². The minimum Gasteiger partial charge on any atom is -0.350 e. The number of rotatable bonds is 8. The molecule has 0 saturated heterocycles. The van der Waals surface area contributed by atoms with E-state index in [4.69, 9.17) is 13.7 Å². The predicted octanol–water partition coefficient (Wildman–Crippen LogP) is 1.95. The Morgan fingerprint density at radius 2 is 2.38 bits per heavy atom. The highest BCUT2D eigenvalue weighted by Gasteiger charge is 2.14. The fraction of sp³-hybridized carbons (Fsp3) is 0.833. The van der Waals surface area contributed by atoms with Crippen molar-refractivity contribution in [1.29, 1.82) is 0 Å². The number of halogens is 2. The fourth-order valence-corrected chi connectivity index (χ4v) is 1.54. The minimum absolute atomic E-state index is 0.183. The third-order valence-corrected chi connectivity index (χ3v) is 2.85. The molecule has 0 saturated carbocycles. The maximum absolute atomic E-state index is 10.3. The molecule has 2 unspecified atom stereocenters. The zero-order chi connectivity index (χ0) is 10.1. The van der Waals surface area contributed by atoms with Crippen molar-refractivity contribution in [3.63, 3.8) is 0 Å². The topological polar surface area (TPSA) is 44.8 Å². The second kappa shape index (κ2) is 9.66. The summed E-state index contributed by atoms with van der Waals surface area (Å²) in [6.07, 6.45) is -0.393. The van der Waals surface area contributed by atoms with E-state index in [2.05, 4.69) is 15.9 Å². The second-order valence-corrected chi connectivity index (χ2v) is 4.09. The van der Waals surface area contributed by atoms with Crippen LogP contribution in [0.5, 0.6) is 0 Å². The summed E-state index contributed by atoms with van der Waals surface area (Å²) in [5, 5.41) is 0.595. The summed E-state index contributed by atoms with van der Waals surface area (Å²) in [6, 6.07) is 0. The van der Waals surface area contributed by atoms with Gasteiger partial charge in [-0.3, -0.25) is 4.79 Å². The molecule has 0 fully saturated rings. The van der Waals surface area contributed by atoms with Crippen LogP contribution in [0.25, 0.3) is 0 Å². The highest BCUT2D eigenvalue weighted by Crippen LogP contribution is 2.14. The molecule has 0 aromatic carbocycles. The van der Waals surface area contributed by atoms with Gasteiger partial charge in [0.25, 0.3) is 0 Å². The maximum Gasteiger partial charge on any atom is 0.214 e. The quantitative estimate of drug-likeness (QED) is 0.210. The van der Waals surface area contributed by atoms with E-state index < -0.39 is 6.29 Å². The number of hydrogen-bond donors (Lipinski definition) is 0. The Hall–Kier alpha value is 1.11. The lowest BCUT2D eigenvalue weighted by Gasteiger charge is -2.17. The smallest absolute Gasteiger partial charge is 0.214 e. The van der Waals surface area contributed by atoms with E-state index in [1.807, 2.05) is 21.2 Å². The number of ether oxygens (including phenoxy) is 2. The third kappa shape index (κ3) is 7.09. The van der Waals surface area contributed by atoms with Crippen LogP contribution in [0.15, 0.2) is 0 Å². The number of alkyl halides is 1. The lowest BCUT2D eigenvalue weighted by Crippen LogP contribution is -2.29. The largest absolute Gasteiger partial charge is 0.350 e. The molecular weight excluding hydrogens is 375 g/mol. The van der Waals surface area contributed by atoms with Crippen LogP contribution in [-0.4, -0.2) is 37.7 Å². The van der Waals surface area contributed by atoms with Gasteiger partial charge in [-0.15, -0.1) is 0 Å². The van der Waals surface area contributed by atoms with Crippen molar-refractivity contribution >= 4 is 52.6 Å². The van der Waals surface area contributed by atoms with Gasteiger partial charge in [-0.25, -0.2) is 0 Å². The van der Waals surface area contributed by atoms with E-state index in [1.165, 1.54) is 16.3 Å². The van der Waals surface area contributed by atoms with Crippen LogP contribution >= 0.6 is 46.3 Å². The molecule has 0 aliphatic heterocycles. The monoisotopic (exact) mass is 384 g/mol. The van der Waals surface area contributed by atoms with E-state index in [-0.39, 0.29) is 6.10 Å². The van der Waals surface area contributed by atoms with Gasteiger partial charge in [0, 0.05) is 33.6 Å². The van der Waals surface area contributed by atoms with E-state index in [0.29, 0.717) is 18.2 Å². The summed E-state index contributed by atoms with van der Waals surface area (Å²) in [7, 11) is 2.64. The molecule has 0 aliphatic rings. The number of carbonyl (C=O) groups excluding carboxylic acids is 1. The molecule has 7 heteroatoms. The normalized spacial score (nSPS) is 15.3. The molecule has 0 heterocycles. The molecule has 0 aromatic heterocycles. The highest BCUT2D eigenvalue weighted by atomic mass is 127. The van der Waals surface area contributed by atoms with Crippen LogP contribution in [-0.2, 0) is 18.5 Å². The summed E-state index contributed by atoms with van der Waals surface area (Å²) >= 11 is 5.26. The first-order valence-electron chi connectivity index (χ1n) is 3.38. The van der Waals surface area contributed by atoms with Crippen molar-refractivity contribution in [2.24, 2.45) is 0 Å². The SMILES string of the molecule is COC(C=O)OC(CBr)COSI. The highest BCUT2D eigenvalue weighted by molar-refractivity contribution is 14.2. The van der Waals surface area contributed by atoms with E-state index in [0.717, 1.165) is 0 Å². The van der Waals surface area contributed by atoms with Crippen LogP contribution in [0.3, 0.4) is 0 Å². The number of hydrogen-bond acceptors (Lipinski definition) is 5. The van der Waals surface area contributed by atoms with Gasteiger partial charge in [-0.1, -0.05) is 15.9 Å². The van der Waals surface area contributed by atoms with E-state index >= 15 is 0 Å². The summed E-state index contributed by atoms with van der Waals surface area (Å²) in [5.41, 5.74) is 0. The Labute approximate surface area is 102 Å². The standard InChI is InChI=1S/C6H10BrIO4S/c1-10-6(3-9)12-5(2-7)4-11-13-8/h3,5-6H,2,4H2,1H3. The Morgan fingerprint density at radius 3 is 2.77 bits per heavy atom. The summed E-state index contributed by atoms with van der Waals surface area (Å²) in [5.74, 6) is 0. The first-order valence-corrected chi connectivity index (χ1v) is 7.78. The molecule has 0 spiro atoms. The number of methoxy groups -OCH3 is 1. The van der Waals surface area contributed by atoms with E-state index in [9.17, 15) is 4.79 Å². The lowest BCUT2D eigenvalue weighted by atomic mass is 10.4. The van der Waals surface area contributed by atoms with Gasteiger partial charge in [-0.2, -0.15) is 0 Å². The van der Waals surface area contributed by atoms with Crippen molar-refractivity contribution in [3.8, 4) is 0 Å². The first-order chi connectivity index (χ1) is 6.28. The Balaban J connectivity index is 3.73. The average molecular weight is 385 g/mol. The molecule has 0 rings (SSSR count). The van der Waals surface area contributed by atoms with Crippen LogP contribution in [0.2, 0.25) is 0 Å². The Morgan fingerprint density at radius 1 is 1.69 bits per heavy atom. The zero-order valence-electron chi connectivity index (χ0n) is 6.94. The van der Waals surface area contributed by atoms with Crippen molar-refractivity contribution in [2.45, 2.75) is 12.4 Å². The molecule has 0 bridgehead atoms. The van der Waals surface area contributed by atoms with Crippen molar-refractivity contribution in [2.75, 3.05) is 19.0 Å². The van der Waals surface area contributed by atoms with Crippen molar-refractivity contribution in [3.05, 3.63) is 0 Å².